The van der Waals surface area contributed by atoms with E-state index >= 15 is 0 Å². The van der Waals surface area contributed by atoms with Crippen LogP contribution in [0.15, 0.2) is 18.3 Å². The Labute approximate surface area is 177 Å². The van der Waals surface area contributed by atoms with Gasteiger partial charge in [0.2, 0.25) is 11.8 Å². The number of halogens is 3. The van der Waals surface area contributed by atoms with Crippen molar-refractivity contribution in [3.8, 4) is 11.8 Å². The lowest BCUT2D eigenvalue weighted by molar-refractivity contribution is 0.266. The Balaban J connectivity index is 0.00000240. The molecule has 2 fully saturated rings. The predicted molar refractivity (Wildman–Crippen MR) is 107 cm³/mol. The Kier molecular flexibility index (Phi) is 6.32. The molecule has 0 aromatic carbocycles. The summed E-state index contributed by atoms with van der Waals surface area (Å²) in [7, 11) is 2.67. The molecular weight excluding hydrogens is 426 g/mol. The van der Waals surface area contributed by atoms with Gasteiger partial charge in [0.15, 0.2) is 0 Å². The van der Waals surface area contributed by atoms with Crippen molar-refractivity contribution in [2.75, 3.05) is 38.0 Å². The van der Waals surface area contributed by atoms with E-state index in [4.69, 9.17) is 15.2 Å². The lowest BCUT2D eigenvalue weighted by Crippen LogP contribution is -2.59. The summed E-state index contributed by atoms with van der Waals surface area (Å²) in [5.41, 5.74) is 5.95. The highest BCUT2D eigenvalue weighted by Crippen LogP contribution is 2.43. The summed E-state index contributed by atoms with van der Waals surface area (Å²) < 4.78 is 37.6. The normalized spacial score (nSPS) is 25.9. The standard InChI is InChI=1S/C17H20F2N6O2S.ClH/c1-26-13-12(19)14(27-2)23-16(22-13)25-6-9-7-28-15(20)24-17(9,8-25)11-4-3-10(18)5-21-11;/h3-5,9,15,24H,6-8,20H2,1-2H3;1H/t9-,15?,17-;/m0./s1. The number of nitrogens with two attached hydrogens (primary N) is 1. The lowest BCUT2D eigenvalue weighted by Gasteiger charge is -2.41. The smallest absolute Gasteiger partial charge is 0.259 e. The number of anilines is 1. The summed E-state index contributed by atoms with van der Waals surface area (Å²) in [5.74, 6) is -0.367. The highest BCUT2D eigenvalue weighted by atomic mass is 35.5. The van der Waals surface area contributed by atoms with Gasteiger partial charge in [-0.25, -0.2) is 4.39 Å². The second kappa shape index (κ2) is 8.42. The molecule has 0 radical (unpaired) electrons. The van der Waals surface area contributed by atoms with Crippen LogP contribution in [0.2, 0.25) is 0 Å². The molecule has 4 rings (SSSR count). The van der Waals surface area contributed by atoms with Gasteiger partial charge in [0, 0.05) is 24.8 Å². The van der Waals surface area contributed by atoms with Crippen molar-refractivity contribution in [2.24, 2.45) is 11.7 Å². The Morgan fingerprint density at radius 1 is 1.24 bits per heavy atom. The Morgan fingerprint density at radius 2 is 1.93 bits per heavy atom. The molecule has 0 bridgehead atoms. The van der Waals surface area contributed by atoms with Gasteiger partial charge in [-0.05, 0) is 12.1 Å². The second-order valence-electron chi connectivity index (χ2n) is 6.66. The van der Waals surface area contributed by atoms with Gasteiger partial charge in [-0.2, -0.15) is 14.4 Å². The van der Waals surface area contributed by atoms with Gasteiger partial charge in [0.05, 0.1) is 31.6 Å². The van der Waals surface area contributed by atoms with Crippen LogP contribution in [0.4, 0.5) is 14.7 Å². The van der Waals surface area contributed by atoms with Crippen molar-refractivity contribution in [3.05, 3.63) is 35.7 Å². The topological polar surface area (TPSA) is 98.4 Å². The van der Waals surface area contributed by atoms with Gasteiger partial charge in [0.1, 0.15) is 11.3 Å². The first-order chi connectivity index (χ1) is 13.5. The number of hydrogen-bond donors (Lipinski definition) is 2. The summed E-state index contributed by atoms with van der Waals surface area (Å²) >= 11 is 1.59. The summed E-state index contributed by atoms with van der Waals surface area (Å²) in [6.07, 6.45) is 1.19. The predicted octanol–water partition coefficient (Wildman–Crippen LogP) is 1.50. The lowest BCUT2D eigenvalue weighted by atomic mass is 9.84. The van der Waals surface area contributed by atoms with Gasteiger partial charge in [-0.3, -0.25) is 10.3 Å². The Morgan fingerprint density at radius 3 is 2.52 bits per heavy atom. The fourth-order valence-corrected chi connectivity index (χ4v) is 4.88. The van der Waals surface area contributed by atoms with E-state index in [1.165, 1.54) is 26.5 Å². The molecule has 158 valence electrons. The SMILES string of the molecule is COc1nc(N2C[C@H]3CSC(N)N[C@@]3(c3ccc(F)cn3)C2)nc(OC)c1F.Cl. The van der Waals surface area contributed by atoms with E-state index in [1.807, 2.05) is 4.90 Å². The molecule has 2 aromatic heterocycles. The quantitative estimate of drug-likeness (QED) is 0.723. The molecule has 1 unspecified atom stereocenters. The first kappa shape index (κ1) is 21.8. The van der Waals surface area contributed by atoms with Crippen LogP contribution < -0.4 is 25.4 Å². The van der Waals surface area contributed by atoms with Crippen molar-refractivity contribution in [1.29, 1.82) is 0 Å². The van der Waals surface area contributed by atoms with E-state index in [0.717, 1.165) is 5.75 Å². The number of pyridine rings is 1. The maximum Gasteiger partial charge on any atom is 0.259 e. The molecule has 12 heteroatoms. The van der Waals surface area contributed by atoms with Gasteiger partial charge in [-0.1, -0.05) is 0 Å². The molecule has 2 aliphatic rings. The second-order valence-corrected chi connectivity index (χ2v) is 7.84. The van der Waals surface area contributed by atoms with Gasteiger partial charge in [-0.15, -0.1) is 24.2 Å². The van der Waals surface area contributed by atoms with E-state index in [9.17, 15) is 8.78 Å². The van der Waals surface area contributed by atoms with Gasteiger partial charge in [0.25, 0.3) is 11.8 Å². The van der Waals surface area contributed by atoms with Crippen LogP contribution in [0.1, 0.15) is 5.69 Å². The molecule has 2 saturated heterocycles. The molecular formula is C17H21ClF2N6O2S. The van der Waals surface area contributed by atoms with Gasteiger partial charge >= 0.3 is 0 Å². The number of hydrogen-bond acceptors (Lipinski definition) is 9. The number of aromatic nitrogens is 3. The molecule has 3 N–H and O–H groups in total. The highest BCUT2D eigenvalue weighted by Gasteiger charge is 2.52. The maximum atomic E-state index is 14.2. The summed E-state index contributed by atoms with van der Waals surface area (Å²) in [6, 6.07) is 3.04. The average Bonchev–Trinajstić information content (AvgIpc) is 3.08. The van der Waals surface area contributed by atoms with Crippen molar-refractivity contribution < 1.29 is 18.3 Å². The van der Waals surface area contributed by atoms with E-state index in [2.05, 4.69) is 20.3 Å². The average molecular weight is 447 g/mol. The van der Waals surface area contributed by atoms with Crippen LogP contribution in [-0.2, 0) is 5.54 Å². The van der Waals surface area contributed by atoms with Crippen LogP contribution in [0.5, 0.6) is 11.8 Å². The highest BCUT2D eigenvalue weighted by molar-refractivity contribution is 7.99. The molecule has 3 atom stereocenters. The third-order valence-electron chi connectivity index (χ3n) is 5.09. The van der Waals surface area contributed by atoms with E-state index in [-0.39, 0.29) is 41.5 Å². The van der Waals surface area contributed by atoms with E-state index in [1.54, 1.807) is 17.8 Å². The first-order valence-electron chi connectivity index (χ1n) is 8.64. The number of nitrogens with zero attached hydrogens (tertiary/aromatic N) is 4. The molecule has 8 nitrogen and oxygen atoms in total. The Hall–Kier alpha value is -1.95. The zero-order chi connectivity index (χ0) is 19.9. The summed E-state index contributed by atoms with van der Waals surface area (Å²) in [6.45, 7) is 1.02. The third kappa shape index (κ3) is 3.79. The molecule has 0 amide bonds. The summed E-state index contributed by atoms with van der Waals surface area (Å²) in [5, 5.41) is 3.42. The molecule has 2 aromatic rings. The minimum atomic E-state index is -0.754. The van der Waals surface area contributed by atoms with Crippen molar-refractivity contribution in [1.82, 2.24) is 20.3 Å². The fourth-order valence-electron chi connectivity index (χ4n) is 3.75. The minimum absolute atomic E-state index is 0. The van der Waals surface area contributed by atoms with Crippen LogP contribution in [-0.4, -0.2) is 53.5 Å². The summed E-state index contributed by atoms with van der Waals surface area (Å²) in [4.78, 5) is 14.6. The molecule has 4 heterocycles. The molecule has 0 saturated carbocycles. The molecule has 29 heavy (non-hydrogen) atoms. The fraction of sp³-hybridized carbons (Fsp3) is 0.471. The van der Waals surface area contributed by atoms with Gasteiger partial charge < -0.3 is 20.1 Å². The van der Waals surface area contributed by atoms with Crippen molar-refractivity contribution in [3.63, 3.8) is 0 Å². The Bertz CT molecular complexity index is 854. The number of methoxy groups -OCH3 is 2. The van der Waals surface area contributed by atoms with E-state index in [0.29, 0.717) is 18.8 Å². The molecule has 0 spiro atoms. The molecule has 0 aliphatic carbocycles. The van der Waals surface area contributed by atoms with Crippen LogP contribution in [0, 0.1) is 17.6 Å². The number of thioether (sulfide) groups is 1. The number of nitrogens with one attached hydrogen (secondary N) is 1. The monoisotopic (exact) mass is 446 g/mol. The molecule has 2 aliphatic heterocycles. The largest absolute Gasteiger partial charge is 0.479 e. The van der Waals surface area contributed by atoms with Crippen molar-refractivity contribution >= 4 is 30.1 Å². The van der Waals surface area contributed by atoms with Crippen LogP contribution >= 0.6 is 24.2 Å². The van der Waals surface area contributed by atoms with Crippen molar-refractivity contribution in [2.45, 2.75) is 11.0 Å². The third-order valence-corrected chi connectivity index (χ3v) is 6.16. The van der Waals surface area contributed by atoms with E-state index < -0.39 is 17.2 Å². The number of fused-ring (bicyclic) bond motifs is 1. The first-order valence-corrected chi connectivity index (χ1v) is 9.69. The number of rotatable bonds is 4. The zero-order valence-corrected chi connectivity index (χ0v) is 17.4. The van der Waals surface area contributed by atoms with Crippen LogP contribution in [0.25, 0.3) is 0 Å². The maximum absolute atomic E-state index is 14.2. The number of ether oxygens (including phenoxy) is 2. The van der Waals surface area contributed by atoms with Crippen LogP contribution in [0.3, 0.4) is 0 Å². The minimum Gasteiger partial charge on any atom is -0.479 e. The zero-order valence-electron chi connectivity index (χ0n) is 15.8.